The topological polar surface area (TPSA) is 37.8 Å². The second kappa shape index (κ2) is 4.35. The molecule has 0 spiro atoms. The van der Waals surface area contributed by atoms with Crippen molar-refractivity contribution in [1.82, 2.24) is 10.2 Å². The van der Waals surface area contributed by atoms with Gasteiger partial charge in [-0.1, -0.05) is 34.5 Å². The van der Waals surface area contributed by atoms with E-state index in [1.165, 1.54) is 11.3 Å². The van der Waals surface area contributed by atoms with Crippen LogP contribution in [0.15, 0.2) is 18.2 Å². The monoisotopic (exact) mass is 259 g/mol. The molecule has 0 aliphatic carbocycles. The largest absolute Gasteiger partial charge is 0.330 e. The number of benzene rings is 1. The highest BCUT2D eigenvalue weighted by atomic mass is 35.5. The van der Waals surface area contributed by atoms with Crippen LogP contribution >= 0.6 is 34.5 Å². The molecule has 1 N–H and O–H groups in total. The Bertz CT molecular complexity index is 484. The smallest absolute Gasteiger partial charge is 0.210 e. The molecule has 0 fully saturated rings. The Balaban J connectivity index is 2.21. The molecule has 0 saturated heterocycles. The van der Waals surface area contributed by atoms with Gasteiger partial charge < -0.3 is 5.32 Å². The molecule has 2 rings (SSSR count). The lowest BCUT2D eigenvalue weighted by atomic mass is 10.3. The predicted octanol–water partition coefficient (Wildman–Crippen LogP) is 3.90. The van der Waals surface area contributed by atoms with Gasteiger partial charge in [0.15, 0.2) is 0 Å². The van der Waals surface area contributed by atoms with Crippen LogP contribution < -0.4 is 5.32 Å². The molecule has 78 valence electrons. The summed E-state index contributed by atoms with van der Waals surface area (Å²) in [6.07, 6.45) is 0. The number of hydrogen-bond donors (Lipinski definition) is 1. The van der Waals surface area contributed by atoms with E-state index >= 15 is 0 Å². The fraction of sp³-hybridized carbons (Fsp3) is 0.111. The van der Waals surface area contributed by atoms with Crippen LogP contribution in [0.25, 0.3) is 0 Å². The maximum absolute atomic E-state index is 5.88. The number of nitrogens with one attached hydrogen (secondary N) is 1. The Hall–Kier alpha value is -0.840. The van der Waals surface area contributed by atoms with Crippen LogP contribution in [0.3, 0.4) is 0 Å². The Labute approximate surface area is 101 Å². The molecule has 6 heteroatoms. The third-order valence-electron chi connectivity index (χ3n) is 1.70. The van der Waals surface area contributed by atoms with E-state index in [0.29, 0.717) is 10.0 Å². The van der Waals surface area contributed by atoms with Crippen LogP contribution in [0.1, 0.15) is 5.01 Å². The van der Waals surface area contributed by atoms with Crippen LogP contribution in [0, 0.1) is 6.92 Å². The summed E-state index contributed by atoms with van der Waals surface area (Å²) < 4.78 is 0. The van der Waals surface area contributed by atoms with Gasteiger partial charge in [-0.25, -0.2) is 0 Å². The standard InChI is InChI=1S/C9H7Cl2N3S/c1-5-13-14-9(15-5)12-6-2-3-7(10)8(11)4-6/h2-4H,1H3,(H,12,14). The normalized spacial score (nSPS) is 10.3. The van der Waals surface area contributed by atoms with Crippen molar-refractivity contribution in [2.24, 2.45) is 0 Å². The van der Waals surface area contributed by atoms with Crippen LogP contribution in [0.2, 0.25) is 10.0 Å². The fourth-order valence-electron chi connectivity index (χ4n) is 1.04. The number of nitrogens with zero attached hydrogens (tertiary/aromatic N) is 2. The average molecular weight is 260 g/mol. The summed E-state index contributed by atoms with van der Waals surface area (Å²) in [6.45, 7) is 1.90. The molecule has 15 heavy (non-hydrogen) atoms. The van der Waals surface area contributed by atoms with Gasteiger partial charge in [-0.15, -0.1) is 10.2 Å². The lowest BCUT2D eigenvalue weighted by Gasteiger charge is -2.02. The number of hydrogen-bond acceptors (Lipinski definition) is 4. The molecule has 1 aromatic heterocycles. The molecule has 0 aliphatic rings. The van der Waals surface area contributed by atoms with E-state index < -0.39 is 0 Å². The molecular weight excluding hydrogens is 253 g/mol. The molecule has 0 atom stereocenters. The van der Waals surface area contributed by atoms with Crippen molar-refractivity contribution in [3.05, 3.63) is 33.3 Å². The highest BCUT2D eigenvalue weighted by Gasteiger charge is 2.02. The number of aromatic nitrogens is 2. The SMILES string of the molecule is Cc1nnc(Nc2ccc(Cl)c(Cl)c2)s1. The summed E-state index contributed by atoms with van der Waals surface area (Å²) >= 11 is 13.2. The van der Waals surface area contributed by atoms with Gasteiger partial charge in [0.1, 0.15) is 5.01 Å². The van der Waals surface area contributed by atoms with E-state index in [-0.39, 0.29) is 0 Å². The Morgan fingerprint density at radius 1 is 1.20 bits per heavy atom. The van der Waals surface area contributed by atoms with Crippen LogP contribution in [-0.2, 0) is 0 Å². The Morgan fingerprint density at radius 3 is 2.60 bits per heavy atom. The summed E-state index contributed by atoms with van der Waals surface area (Å²) in [4.78, 5) is 0. The van der Waals surface area contributed by atoms with E-state index in [2.05, 4.69) is 15.5 Å². The van der Waals surface area contributed by atoms with E-state index in [4.69, 9.17) is 23.2 Å². The quantitative estimate of drug-likeness (QED) is 0.889. The minimum absolute atomic E-state index is 0.517. The number of aryl methyl sites for hydroxylation is 1. The maximum atomic E-state index is 5.88. The first kappa shape index (κ1) is 10.7. The second-order valence-electron chi connectivity index (χ2n) is 2.88. The Morgan fingerprint density at radius 2 is 2.00 bits per heavy atom. The number of rotatable bonds is 2. The predicted molar refractivity (Wildman–Crippen MR) is 64.4 cm³/mol. The highest BCUT2D eigenvalue weighted by Crippen LogP contribution is 2.27. The van der Waals surface area contributed by atoms with Crippen molar-refractivity contribution in [1.29, 1.82) is 0 Å². The molecule has 2 aromatic rings. The first-order valence-corrected chi connectivity index (χ1v) is 5.74. The van der Waals surface area contributed by atoms with Crippen LogP contribution in [0.4, 0.5) is 10.8 Å². The molecule has 1 heterocycles. The summed E-state index contributed by atoms with van der Waals surface area (Å²) in [5.41, 5.74) is 0.848. The molecule has 0 unspecified atom stereocenters. The molecular formula is C9H7Cl2N3S. The van der Waals surface area contributed by atoms with Gasteiger partial charge in [0.25, 0.3) is 0 Å². The van der Waals surface area contributed by atoms with Gasteiger partial charge in [-0.2, -0.15) is 0 Å². The molecule has 0 radical (unpaired) electrons. The van der Waals surface area contributed by atoms with Gasteiger partial charge in [0, 0.05) is 5.69 Å². The highest BCUT2D eigenvalue weighted by molar-refractivity contribution is 7.15. The van der Waals surface area contributed by atoms with E-state index in [1.807, 2.05) is 13.0 Å². The summed E-state index contributed by atoms with van der Waals surface area (Å²) in [5, 5.41) is 13.6. The molecule has 1 aromatic carbocycles. The molecule has 0 saturated carbocycles. The third-order valence-corrected chi connectivity index (χ3v) is 3.19. The third kappa shape index (κ3) is 2.59. The van der Waals surface area contributed by atoms with Gasteiger partial charge >= 0.3 is 0 Å². The lowest BCUT2D eigenvalue weighted by Crippen LogP contribution is -1.89. The zero-order valence-electron chi connectivity index (χ0n) is 7.79. The van der Waals surface area contributed by atoms with Crippen molar-refractivity contribution in [2.45, 2.75) is 6.92 Å². The van der Waals surface area contributed by atoms with Gasteiger partial charge in [-0.05, 0) is 25.1 Å². The molecule has 0 aliphatic heterocycles. The maximum Gasteiger partial charge on any atom is 0.210 e. The van der Waals surface area contributed by atoms with Crippen LogP contribution in [-0.4, -0.2) is 10.2 Å². The zero-order chi connectivity index (χ0) is 10.8. The zero-order valence-corrected chi connectivity index (χ0v) is 10.1. The van der Waals surface area contributed by atoms with Crippen molar-refractivity contribution in [2.75, 3.05) is 5.32 Å². The van der Waals surface area contributed by atoms with E-state index in [9.17, 15) is 0 Å². The number of anilines is 2. The van der Waals surface area contributed by atoms with Gasteiger partial charge in [-0.3, -0.25) is 0 Å². The molecule has 0 amide bonds. The van der Waals surface area contributed by atoms with Crippen molar-refractivity contribution >= 4 is 45.4 Å². The van der Waals surface area contributed by atoms with Crippen molar-refractivity contribution < 1.29 is 0 Å². The van der Waals surface area contributed by atoms with Crippen molar-refractivity contribution in [3.63, 3.8) is 0 Å². The van der Waals surface area contributed by atoms with E-state index in [1.54, 1.807) is 12.1 Å². The first-order chi connectivity index (χ1) is 7.15. The van der Waals surface area contributed by atoms with Crippen molar-refractivity contribution in [3.8, 4) is 0 Å². The summed E-state index contributed by atoms with van der Waals surface area (Å²) in [7, 11) is 0. The summed E-state index contributed by atoms with van der Waals surface area (Å²) in [6, 6.07) is 5.33. The van der Waals surface area contributed by atoms with Gasteiger partial charge in [0.2, 0.25) is 5.13 Å². The Kier molecular flexibility index (Phi) is 3.09. The molecule has 0 bridgehead atoms. The number of halogens is 2. The molecule has 3 nitrogen and oxygen atoms in total. The van der Waals surface area contributed by atoms with Gasteiger partial charge in [0.05, 0.1) is 10.0 Å². The second-order valence-corrected chi connectivity index (χ2v) is 4.88. The minimum Gasteiger partial charge on any atom is -0.330 e. The van der Waals surface area contributed by atoms with E-state index in [0.717, 1.165) is 15.8 Å². The van der Waals surface area contributed by atoms with Crippen LogP contribution in [0.5, 0.6) is 0 Å². The first-order valence-electron chi connectivity index (χ1n) is 4.17. The fourth-order valence-corrected chi connectivity index (χ4v) is 1.95. The summed E-state index contributed by atoms with van der Waals surface area (Å²) in [5.74, 6) is 0. The lowest BCUT2D eigenvalue weighted by molar-refractivity contribution is 1.05. The average Bonchev–Trinajstić information content (AvgIpc) is 2.58. The minimum atomic E-state index is 0.517.